The Labute approximate surface area is 138 Å². The SMILES string of the molecule is CCc1nc(CC(=O)N2CCO[C@H](c3ccc(F)cc3)C2)cs1. The number of hydrogen-bond donors (Lipinski definition) is 0. The van der Waals surface area contributed by atoms with Crippen LogP contribution >= 0.6 is 11.3 Å². The molecule has 4 nitrogen and oxygen atoms in total. The predicted octanol–water partition coefficient (Wildman–Crippen LogP) is 2.99. The second-order valence-electron chi connectivity index (χ2n) is 5.51. The maximum atomic E-state index is 13.0. The van der Waals surface area contributed by atoms with Gasteiger partial charge in [-0.2, -0.15) is 0 Å². The number of rotatable bonds is 4. The molecule has 0 spiro atoms. The Hall–Kier alpha value is -1.79. The van der Waals surface area contributed by atoms with Crippen LogP contribution in [0.1, 0.15) is 29.3 Å². The lowest BCUT2D eigenvalue weighted by Crippen LogP contribution is -2.43. The van der Waals surface area contributed by atoms with Gasteiger partial charge in [-0.1, -0.05) is 19.1 Å². The molecule has 2 heterocycles. The molecule has 1 fully saturated rings. The molecule has 1 aliphatic heterocycles. The quantitative estimate of drug-likeness (QED) is 0.863. The molecule has 1 saturated heterocycles. The molecular weight excluding hydrogens is 315 g/mol. The maximum Gasteiger partial charge on any atom is 0.228 e. The Morgan fingerprint density at radius 3 is 2.91 bits per heavy atom. The number of halogens is 1. The number of hydrogen-bond acceptors (Lipinski definition) is 4. The van der Waals surface area contributed by atoms with Crippen molar-refractivity contribution in [3.63, 3.8) is 0 Å². The summed E-state index contributed by atoms with van der Waals surface area (Å²) in [5.41, 5.74) is 1.73. The predicted molar refractivity (Wildman–Crippen MR) is 86.9 cm³/mol. The van der Waals surface area contributed by atoms with Gasteiger partial charge in [0, 0.05) is 11.9 Å². The smallest absolute Gasteiger partial charge is 0.228 e. The summed E-state index contributed by atoms with van der Waals surface area (Å²) >= 11 is 1.59. The first kappa shape index (κ1) is 16.1. The molecule has 122 valence electrons. The van der Waals surface area contributed by atoms with Crippen LogP contribution in [0.15, 0.2) is 29.6 Å². The van der Waals surface area contributed by atoms with E-state index < -0.39 is 0 Å². The third kappa shape index (κ3) is 3.95. The van der Waals surface area contributed by atoms with E-state index in [0.29, 0.717) is 26.1 Å². The van der Waals surface area contributed by atoms with E-state index in [9.17, 15) is 9.18 Å². The summed E-state index contributed by atoms with van der Waals surface area (Å²) in [7, 11) is 0. The van der Waals surface area contributed by atoms with Crippen LogP contribution < -0.4 is 0 Å². The molecule has 1 amide bonds. The van der Waals surface area contributed by atoms with Crippen LogP contribution in [0.4, 0.5) is 4.39 Å². The lowest BCUT2D eigenvalue weighted by molar-refractivity contribution is -0.138. The van der Waals surface area contributed by atoms with E-state index in [-0.39, 0.29) is 17.8 Å². The molecule has 6 heteroatoms. The molecule has 0 radical (unpaired) electrons. The van der Waals surface area contributed by atoms with Gasteiger partial charge >= 0.3 is 0 Å². The summed E-state index contributed by atoms with van der Waals surface area (Å²) in [6, 6.07) is 6.26. The molecule has 1 aromatic carbocycles. The Kier molecular flexibility index (Phi) is 5.03. The molecule has 23 heavy (non-hydrogen) atoms. The molecule has 2 aromatic rings. The third-order valence-electron chi connectivity index (χ3n) is 3.90. The number of benzene rings is 1. The molecule has 0 aliphatic carbocycles. The standard InChI is InChI=1S/C17H19FN2O2S/c1-2-16-19-14(11-23-16)9-17(21)20-7-8-22-15(10-20)12-3-5-13(18)6-4-12/h3-6,11,15H,2,7-10H2,1H3/t15-/m0/s1. The largest absolute Gasteiger partial charge is 0.370 e. The Morgan fingerprint density at radius 1 is 1.43 bits per heavy atom. The van der Waals surface area contributed by atoms with Gasteiger partial charge in [-0.05, 0) is 24.1 Å². The number of carbonyl (C=O) groups is 1. The second-order valence-corrected chi connectivity index (χ2v) is 6.46. The monoisotopic (exact) mass is 334 g/mol. The summed E-state index contributed by atoms with van der Waals surface area (Å²) < 4.78 is 18.7. The first-order valence-corrected chi connectivity index (χ1v) is 8.61. The van der Waals surface area contributed by atoms with Crippen LogP contribution in [0.5, 0.6) is 0 Å². The van der Waals surface area contributed by atoms with Gasteiger partial charge in [0.05, 0.1) is 30.3 Å². The Bertz CT molecular complexity index is 671. The van der Waals surface area contributed by atoms with Crippen molar-refractivity contribution in [2.45, 2.75) is 25.9 Å². The fourth-order valence-electron chi connectivity index (χ4n) is 2.61. The van der Waals surface area contributed by atoms with Crippen molar-refractivity contribution in [2.75, 3.05) is 19.7 Å². The van der Waals surface area contributed by atoms with Crippen LogP contribution in [0, 0.1) is 5.82 Å². The normalized spacial score (nSPS) is 18.2. The molecular formula is C17H19FN2O2S. The number of amides is 1. The highest BCUT2D eigenvalue weighted by Crippen LogP contribution is 2.23. The zero-order valence-electron chi connectivity index (χ0n) is 13.0. The van der Waals surface area contributed by atoms with Crippen LogP contribution in [0.2, 0.25) is 0 Å². The van der Waals surface area contributed by atoms with Crippen LogP contribution in [-0.2, 0) is 22.4 Å². The molecule has 1 atom stereocenters. The van der Waals surface area contributed by atoms with Gasteiger partial charge in [0.2, 0.25) is 5.91 Å². The first-order valence-electron chi connectivity index (χ1n) is 7.74. The fourth-order valence-corrected chi connectivity index (χ4v) is 3.36. The van der Waals surface area contributed by atoms with E-state index in [4.69, 9.17) is 4.74 Å². The van der Waals surface area contributed by atoms with Crippen molar-refractivity contribution in [2.24, 2.45) is 0 Å². The minimum absolute atomic E-state index is 0.0633. The van der Waals surface area contributed by atoms with Crippen molar-refractivity contribution < 1.29 is 13.9 Å². The number of thiazole rings is 1. The van der Waals surface area contributed by atoms with Crippen molar-refractivity contribution in [1.29, 1.82) is 0 Å². The van der Waals surface area contributed by atoms with Crippen molar-refractivity contribution >= 4 is 17.2 Å². The molecule has 0 bridgehead atoms. The number of morpholine rings is 1. The molecule has 0 saturated carbocycles. The Balaban J connectivity index is 1.63. The average molecular weight is 334 g/mol. The van der Waals surface area contributed by atoms with Gasteiger partial charge in [0.25, 0.3) is 0 Å². The summed E-state index contributed by atoms with van der Waals surface area (Å²) in [4.78, 5) is 18.7. The number of aryl methyl sites for hydroxylation is 1. The molecule has 3 rings (SSSR count). The van der Waals surface area contributed by atoms with Crippen LogP contribution in [-0.4, -0.2) is 35.5 Å². The zero-order valence-corrected chi connectivity index (χ0v) is 13.8. The van der Waals surface area contributed by atoms with Gasteiger partial charge in [0.1, 0.15) is 11.9 Å². The van der Waals surface area contributed by atoms with E-state index in [0.717, 1.165) is 22.7 Å². The lowest BCUT2D eigenvalue weighted by atomic mass is 10.1. The van der Waals surface area contributed by atoms with Gasteiger partial charge < -0.3 is 9.64 Å². The van der Waals surface area contributed by atoms with Gasteiger partial charge in [-0.15, -0.1) is 11.3 Å². The lowest BCUT2D eigenvalue weighted by Gasteiger charge is -2.33. The average Bonchev–Trinajstić information content (AvgIpc) is 3.03. The Morgan fingerprint density at radius 2 is 2.22 bits per heavy atom. The molecule has 0 unspecified atom stereocenters. The highest BCUT2D eigenvalue weighted by Gasteiger charge is 2.25. The maximum absolute atomic E-state index is 13.0. The van der Waals surface area contributed by atoms with E-state index in [1.165, 1.54) is 12.1 Å². The first-order chi connectivity index (χ1) is 11.2. The topological polar surface area (TPSA) is 42.4 Å². The number of carbonyl (C=O) groups excluding carboxylic acids is 1. The molecule has 0 N–H and O–H groups in total. The van der Waals surface area contributed by atoms with Crippen molar-refractivity contribution in [1.82, 2.24) is 9.88 Å². The summed E-state index contributed by atoms with van der Waals surface area (Å²) in [6.45, 7) is 3.63. The summed E-state index contributed by atoms with van der Waals surface area (Å²) in [6.07, 6.45) is 1.02. The van der Waals surface area contributed by atoms with Crippen LogP contribution in [0.25, 0.3) is 0 Å². The van der Waals surface area contributed by atoms with Crippen molar-refractivity contribution in [3.8, 4) is 0 Å². The minimum Gasteiger partial charge on any atom is -0.370 e. The van der Waals surface area contributed by atoms with Gasteiger partial charge in [0.15, 0.2) is 0 Å². The van der Waals surface area contributed by atoms with Crippen LogP contribution in [0.3, 0.4) is 0 Å². The zero-order chi connectivity index (χ0) is 16.2. The number of aromatic nitrogens is 1. The molecule has 1 aliphatic rings. The number of ether oxygens (including phenoxy) is 1. The summed E-state index contributed by atoms with van der Waals surface area (Å²) in [5, 5.41) is 3.01. The van der Waals surface area contributed by atoms with E-state index in [1.54, 1.807) is 23.5 Å². The summed E-state index contributed by atoms with van der Waals surface area (Å²) in [5.74, 6) is -0.207. The molecule has 1 aromatic heterocycles. The third-order valence-corrected chi connectivity index (χ3v) is 4.94. The van der Waals surface area contributed by atoms with Gasteiger partial charge in [-0.3, -0.25) is 4.79 Å². The van der Waals surface area contributed by atoms with E-state index >= 15 is 0 Å². The second kappa shape index (κ2) is 7.19. The van der Waals surface area contributed by atoms with Gasteiger partial charge in [-0.25, -0.2) is 9.37 Å². The highest BCUT2D eigenvalue weighted by atomic mass is 32.1. The number of nitrogens with zero attached hydrogens (tertiary/aromatic N) is 2. The highest BCUT2D eigenvalue weighted by molar-refractivity contribution is 7.09. The van der Waals surface area contributed by atoms with Crippen molar-refractivity contribution in [3.05, 3.63) is 51.7 Å². The fraction of sp³-hybridized carbons (Fsp3) is 0.412. The van der Waals surface area contributed by atoms with E-state index in [2.05, 4.69) is 11.9 Å². The minimum atomic E-state index is -0.271. The van der Waals surface area contributed by atoms with E-state index in [1.807, 2.05) is 10.3 Å².